The molecule has 0 saturated carbocycles. The predicted octanol–water partition coefficient (Wildman–Crippen LogP) is 1.01. The number of β-amino-alcohol motifs (C(OH)–C–C–N with tert-alkyl or cyclic N) is 1. The molecule has 0 fully saturated rings. The molecule has 0 aliphatic carbocycles. The van der Waals surface area contributed by atoms with Crippen molar-refractivity contribution in [2.45, 2.75) is 0 Å². The van der Waals surface area contributed by atoms with Crippen LogP contribution in [0, 0.1) is 0 Å². The van der Waals surface area contributed by atoms with Gasteiger partial charge in [0.2, 0.25) is 0 Å². The molecule has 2 N–H and O–H groups in total. The molecule has 1 aliphatic heterocycles. The van der Waals surface area contributed by atoms with Crippen LogP contribution in [-0.4, -0.2) is 55.8 Å². The van der Waals surface area contributed by atoms with E-state index in [1.807, 2.05) is 0 Å². The highest BCUT2D eigenvalue weighted by atomic mass is 16.5. The zero-order chi connectivity index (χ0) is 17.7. The number of aliphatic hydroxyl groups excluding tert-OH is 1. The summed E-state index contributed by atoms with van der Waals surface area (Å²) in [6.07, 6.45) is 1.62. The van der Waals surface area contributed by atoms with Crippen molar-refractivity contribution in [1.82, 2.24) is 4.90 Å². The molecule has 1 amide bonds. The van der Waals surface area contributed by atoms with E-state index < -0.39 is 5.97 Å². The Kier molecular flexibility index (Phi) is 5.59. The quantitative estimate of drug-likeness (QED) is 0.725. The van der Waals surface area contributed by atoms with Gasteiger partial charge in [-0.3, -0.25) is 4.79 Å². The van der Waals surface area contributed by atoms with E-state index in [4.69, 9.17) is 14.6 Å². The minimum absolute atomic E-state index is 0.0912. The molecule has 0 unspecified atom stereocenters. The number of nitrogens with zero attached hydrogens (tertiary/aromatic N) is 1. The van der Waals surface area contributed by atoms with Crippen LogP contribution in [0.15, 0.2) is 36.0 Å². The summed E-state index contributed by atoms with van der Waals surface area (Å²) in [6.45, 7) is 3.79. The summed E-state index contributed by atoms with van der Waals surface area (Å²) in [4.78, 5) is 25.8. The summed E-state index contributed by atoms with van der Waals surface area (Å²) >= 11 is 0. The molecule has 7 heteroatoms. The summed E-state index contributed by atoms with van der Waals surface area (Å²) in [5, 5.41) is 12.1. The molecular weight excluding hydrogens is 312 g/mol. The Labute approximate surface area is 140 Å². The van der Waals surface area contributed by atoms with Crippen LogP contribution in [-0.2, 0) is 14.3 Å². The van der Waals surface area contributed by atoms with E-state index in [9.17, 15) is 9.59 Å². The van der Waals surface area contributed by atoms with E-state index >= 15 is 0 Å². The molecular formula is C17H20N2O5. The number of nitrogens with one attached hydrogen (secondary N) is 1. The average molecular weight is 332 g/mol. The van der Waals surface area contributed by atoms with E-state index in [0.29, 0.717) is 11.4 Å². The van der Waals surface area contributed by atoms with Gasteiger partial charge in [-0.2, -0.15) is 0 Å². The van der Waals surface area contributed by atoms with Crippen LogP contribution < -0.4 is 10.1 Å². The van der Waals surface area contributed by atoms with Gasteiger partial charge in [0.05, 0.1) is 32.9 Å². The highest BCUT2D eigenvalue weighted by Crippen LogP contribution is 2.27. The number of anilines is 1. The number of amides is 1. The Morgan fingerprint density at radius 2 is 2.21 bits per heavy atom. The van der Waals surface area contributed by atoms with Crippen molar-refractivity contribution in [3.63, 3.8) is 0 Å². The normalized spacial score (nSPS) is 14.0. The smallest absolute Gasteiger partial charge is 0.337 e. The van der Waals surface area contributed by atoms with Crippen molar-refractivity contribution in [2.75, 3.05) is 39.2 Å². The second kappa shape index (κ2) is 7.65. The zero-order valence-electron chi connectivity index (χ0n) is 13.7. The maximum Gasteiger partial charge on any atom is 0.337 e. The summed E-state index contributed by atoms with van der Waals surface area (Å²) in [7, 11) is 2.81. The summed E-state index contributed by atoms with van der Waals surface area (Å²) < 4.78 is 9.92. The van der Waals surface area contributed by atoms with Gasteiger partial charge in [-0.15, -0.1) is 0 Å². The van der Waals surface area contributed by atoms with Crippen LogP contribution in [0.2, 0.25) is 0 Å². The second-order valence-corrected chi connectivity index (χ2v) is 5.08. The number of hydrogen-bond donors (Lipinski definition) is 2. The molecule has 1 aliphatic rings. The van der Waals surface area contributed by atoms with Gasteiger partial charge < -0.3 is 24.8 Å². The van der Waals surface area contributed by atoms with Gasteiger partial charge in [-0.25, -0.2) is 4.79 Å². The lowest BCUT2D eigenvalue weighted by Gasteiger charge is -2.16. The summed E-state index contributed by atoms with van der Waals surface area (Å²) in [5.74, 6) is -0.299. The van der Waals surface area contributed by atoms with Crippen LogP contribution in [0.1, 0.15) is 5.56 Å². The molecule has 128 valence electrons. The largest absolute Gasteiger partial charge is 0.497 e. The van der Waals surface area contributed by atoms with Crippen molar-refractivity contribution < 1.29 is 24.2 Å². The van der Waals surface area contributed by atoms with E-state index in [1.165, 1.54) is 12.0 Å². The van der Waals surface area contributed by atoms with Crippen LogP contribution in [0.3, 0.4) is 0 Å². The van der Waals surface area contributed by atoms with E-state index in [2.05, 4.69) is 11.9 Å². The van der Waals surface area contributed by atoms with E-state index in [1.54, 1.807) is 31.4 Å². The minimum atomic E-state index is -0.583. The summed E-state index contributed by atoms with van der Waals surface area (Å²) in [5.41, 5.74) is 1.70. The lowest BCUT2D eigenvalue weighted by Crippen LogP contribution is -2.31. The fourth-order valence-corrected chi connectivity index (χ4v) is 2.43. The molecule has 0 saturated heterocycles. The Hall–Kier alpha value is -2.80. The van der Waals surface area contributed by atoms with Gasteiger partial charge in [-0.05, 0) is 18.2 Å². The van der Waals surface area contributed by atoms with Gasteiger partial charge in [-0.1, -0.05) is 12.7 Å². The Morgan fingerprint density at radius 3 is 2.79 bits per heavy atom. The number of methoxy groups -OCH3 is 2. The van der Waals surface area contributed by atoms with Gasteiger partial charge in [0.15, 0.2) is 0 Å². The number of aliphatic hydroxyl groups is 1. The molecule has 1 heterocycles. The standard InChI is InChI=1S/C17H20N2O5/c1-4-11-9-12(23-2)5-6-14(11)18-15-13(17(22)24-3)10-19(7-8-20)16(15)21/h4-6,9,18,20H,1,7-8,10H2,2-3H3. The van der Waals surface area contributed by atoms with Crippen molar-refractivity contribution in [3.8, 4) is 5.75 Å². The fraction of sp³-hybridized carbons (Fsp3) is 0.294. The lowest BCUT2D eigenvalue weighted by atomic mass is 10.1. The topological polar surface area (TPSA) is 88.1 Å². The van der Waals surface area contributed by atoms with Gasteiger partial charge in [0, 0.05) is 17.8 Å². The van der Waals surface area contributed by atoms with E-state index in [0.717, 1.165) is 5.56 Å². The van der Waals surface area contributed by atoms with Gasteiger partial charge in [0.25, 0.3) is 5.91 Å². The SMILES string of the molecule is C=Cc1cc(OC)ccc1NC1=C(C(=O)OC)CN(CCO)C1=O. The molecule has 7 nitrogen and oxygen atoms in total. The first-order valence-electron chi connectivity index (χ1n) is 7.34. The first-order chi connectivity index (χ1) is 11.5. The Balaban J connectivity index is 2.38. The molecule has 0 aromatic heterocycles. The molecule has 0 spiro atoms. The first kappa shape index (κ1) is 17.6. The fourth-order valence-electron chi connectivity index (χ4n) is 2.43. The van der Waals surface area contributed by atoms with Crippen LogP contribution in [0.25, 0.3) is 6.08 Å². The molecule has 0 bridgehead atoms. The molecule has 24 heavy (non-hydrogen) atoms. The lowest BCUT2D eigenvalue weighted by molar-refractivity contribution is -0.136. The third-order valence-electron chi connectivity index (χ3n) is 3.69. The number of carbonyl (C=O) groups excluding carboxylic acids is 2. The molecule has 0 radical (unpaired) electrons. The molecule has 2 rings (SSSR count). The molecule has 0 atom stereocenters. The van der Waals surface area contributed by atoms with Crippen LogP contribution in [0.4, 0.5) is 5.69 Å². The highest BCUT2D eigenvalue weighted by molar-refractivity contribution is 6.08. The number of benzene rings is 1. The number of rotatable bonds is 7. The Morgan fingerprint density at radius 1 is 1.46 bits per heavy atom. The van der Waals surface area contributed by atoms with Crippen LogP contribution >= 0.6 is 0 Å². The minimum Gasteiger partial charge on any atom is -0.497 e. The van der Waals surface area contributed by atoms with Crippen molar-refractivity contribution in [1.29, 1.82) is 0 Å². The zero-order valence-corrected chi connectivity index (χ0v) is 13.7. The maximum absolute atomic E-state index is 12.5. The van der Waals surface area contributed by atoms with Crippen molar-refractivity contribution >= 4 is 23.6 Å². The third kappa shape index (κ3) is 3.41. The second-order valence-electron chi connectivity index (χ2n) is 5.08. The monoisotopic (exact) mass is 332 g/mol. The van der Waals surface area contributed by atoms with Gasteiger partial charge >= 0.3 is 5.97 Å². The van der Waals surface area contributed by atoms with E-state index in [-0.39, 0.29) is 36.9 Å². The number of esters is 1. The average Bonchev–Trinajstić information content (AvgIpc) is 2.91. The number of hydrogen-bond acceptors (Lipinski definition) is 6. The van der Waals surface area contributed by atoms with Crippen molar-refractivity contribution in [3.05, 3.63) is 41.6 Å². The first-order valence-corrected chi connectivity index (χ1v) is 7.34. The van der Waals surface area contributed by atoms with Crippen molar-refractivity contribution in [2.24, 2.45) is 0 Å². The maximum atomic E-state index is 12.5. The number of ether oxygens (including phenoxy) is 2. The molecule has 1 aromatic rings. The number of carbonyl (C=O) groups is 2. The third-order valence-corrected chi connectivity index (χ3v) is 3.69. The van der Waals surface area contributed by atoms with Gasteiger partial charge in [0.1, 0.15) is 11.4 Å². The summed E-state index contributed by atoms with van der Waals surface area (Å²) in [6, 6.07) is 5.23. The highest BCUT2D eigenvalue weighted by Gasteiger charge is 2.34. The Bertz CT molecular complexity index is 696. The molecule has 1 aromatic carbocycles. The predicted molar refractivity (Wildman–Crippen MR) is 89.4 cm³/mol. The van der Waals surface area contributed by atoms with Crippen LogP contribution in [0.5, 0.6) is 5.75 Å².